The van der Waals surface area contributed by atoms with E-state index in [4.69, 9.17) is 5.11 Å². The molecular weight excluding hydrogens is 205 g/mol. The van der Waals surface area contributed by atoms with Gasteiger partial charge in [-0.05, 0) is 11.1 Å². The summed E-state index contributed by atoms with van der Waals surface area (Å²) >= 11 is 0. The number of aliphatic hydroxyl groups excluding tert-OH is 1. The first-order valence-corrected chi connectivity index (χ1v) is 4.39. The van der Waals surface area contributed by atoms with Gasteiger partial charge < -0.3 is 5.11 Å². The Hall–Kier alpha value is -1.29. The third kappa shape index (κ3) is 3.40. The van der Waals surface area contributed by atoms with Gasteiger partial charge in [-0.1, -0.05) is 36.9 Å². The van der Waals surface area contributed by atoms with E-state index < -0.39 is 18.7 Å². The largest absolute Gasteiger partial charge is 0.414 e. The van der Waals surface area contributed by atoms with Crippen LogP contribution in [-0.4, -0.2) is 17.4 Å². The number of rotatable bonds is 3. The summed E-state index contributed by atoms with van der Waals surface area (Å²) in [7, 11) is 0. The van der Waals surface area contributed by atoms with E-state index in [-0.39, 0.29) is 5.57 Å². The van der Waals surface area contributed by atoms with Crippen molar-refractivity contribution in [1.82, 2.24) is 0 Å². The molecule has 1 rings (SSSR count). The van der Waals surface area contributed by atoms with Gasteiger partial charge in [0.05, 0.1) is 0 Å². The summed E-state index contributed by atoms with van der Waals surface area (Å²) in [5, 5.41) is 8.83. The summed E-state index contributed by atoms with van der Waals surface area (Å²) in [6.45, 7) is 3.52. The first-order valence-electron chi connectivity index (χ1n) is 4.39. The Morgan fingerprint density at radius 1 is 1.27 bits per heavy atom. The monoisotopic (exact) mass is 216 g/mol. The second-order valence-electron chi connectivity index (χ2n) is 3.23. The number of aliphatic hydroxyl groups is 1. The van der Waals surface area contributed by atoms with E-state index in [1.807, 2.05) is 0 Å². The Morgan fingerprint density at radius 3 is 2.27 bits per heavy atom. The van der Waals surface area contributed by atoms with Gasteiger partial charge >= 0.3 is 6.18 Å². The van der Waals surface area contributed by atoms with Crippen molar-refractivity contribution in [2.75, 3.05) is 0 Å². The van der Waals surface area contributed by atoms with Gasteiger partial charge in [0.2, 0.25) is 0 Å². The average molecular weight is 216 g/mol. The molecule has 0 spiro atoms. The first-order chi connectivity index (χ1) is 6.91. The first kappa shape index (κ1) is 11.8. The Labute approximate surface area is 85.9 Å². The van der Waals surface area contributed by atoms with Crippen molar-refractivity contribution in [2.45, 2.75) is 18.7 Å². The number of hydrogen-bond donors (Lipinski definition) is 1. The molecule has 0 heterocycles. The molecular formula is C11H11F3O. The molecule has 1 N–H and O–H groups in total. The zero-order valence-electron chi connectivity index (χ0n) is 7.96. The molecule has 0 aliphatic heterocycles. The normalized spacial score (nSPS) is 13.6. The Balaban J connectivity index is 2.65. The van der Waals surface area contributed by atoms with Gasteiger partial charge in [-0.15, -0.1) is 0 Å². The quantitative estimate of drug-likeness (QED) is 0.823. The van der Waals surface area contributed by atoms with Crippen LogP contribution >= 0.6 is 0 Å². The summed E-state index contributed by atoms with van der Waals surface area (Å²) < 4.78 is 36.1. The van der Waals surface area contributed by atoms with Crippen LogP contribution in [-0.2, 0) is 0 Å². The second kappa shape index (κ2) is 4.49. The van der Waals surface area contributed by atoms with E-state index in [2.05, 4.69) is 6.58 Å². The topological polar surface area (TPSA) is 20.2 Å². The van der Waals surface area contributed by atoms with E-state index in [0.717, 1.165) is 0 Å². The lowest BCUT2D eigenvalue weighted by molar-refractivity contribution is -0.201. The molecule has 0 saturated carbocycles. The van der Waals surface area contributed by atoms with E-state index in [0.29, 0.717) is 5.56 Å². The molecule has 82 valence electrons. The van der Waals surface area contributed by atoms with Crippen LogP contribution in [0, 0.1) is 0 Å². The molecule has 1 nitrogen and oxygen atoms in total. The molecule has 0 unspecified atom stereocenters. The minimum Gasteiger partial charge on any atom is -0.383 e. The molecule has 0 aliphatic carbocycles. The lowest BCUT2D eigenvalue weighted by Crippen LogP contribution is -2.28. The van der Waals surface area contributed by atoms with Gasteiger partial charge in [-0.2, -0.15) is 13.2 Å². The molecule has 1 atom stereocenters. The standard InChI is InChI=1S/C11H11F3O/c1-8(7-10(15)11(12,13)14)9-5-3-2-4-6-9/h2-6,10,15H,1,7H2/t10-/m1/s1. The van der Waals surface area contributed by atoms with E-state index in [9.17, 15) is 13.2 Å². The summed E-state index contributed by atoms with van der Waals surface area (Å²) in [5.41, 5.74) is 0.890. The highest BCUT2D eigenvalue weighted by atomic mass is 19.4. The minimum absolute atomic E-state index is 0.278. The maximum Gasteiger partial charge on any atom is 0.414 e. The maximum absolute atomic E-state index is 12.0. The number of hydrogen-bond acceptors (Lipinski definition) is 1. The van der Waals surface area contributed by atoms with Gasteiger partial charge in [0.25, 0.3) is 0 Å². The average Bonchev–Trinajstić information content (AvgIpc) is 2.17. The number of benzene rings is 1. The molecule has 15 heavy (non-hydrogen) atoms. The second-order valence-corrected chi connectivity index (χ2v) is 3.23. The fraction of sp³-hybridized carbons (Fsp3) is 0.273. The highest BCUT2D eigenvalue weighted by molar-refractivity contribution is 5.63. The Kier molecular flexibility index (Phi) is 3.52. The summed E-state index contributed by atoms with van der Waals surface area (Å²) in [4.78, 5) is 0. The summed E-state index contributed by atoms with van der Waals surface area (Å²) in [6, 6.07) is 8.49. The summed E-state index contributed by atoms with van der Waals surface area (Å²) in [6.07, 6.45) is -7.42. The van der Waals surface area contributed by atoms with Gasteiger partial charge in [0.15, 0.2) is 6.10 Å². The Morgan fingerprint density at radius 2 is 1.80 bits per heavy atom. The SMILES string of the molecule is C=C(C[C@@H](O)C(F)(F)F)c1ccccc1. The smallest absolute Gasteiger partial charge is 0.383 e. The third-order valence-corrected chi connectivity index (χ3v) is 2.00. The molecule has 0 saturated heterocycles. The molecule has 0 radical (unpaired) electrons. The van der Waals surface area contributed by atoms with Gasteiger partial charge in [-0.3, -0.25) is 0 Å². The number of alkyl halides is 3. The zero-order valence-corrected chi connectivity index (χ0v) is 7.96. The molecule has 0 aromatic heterocycles. The minimum atomic E-state index is -4.59. The fourth-order valence-electron chi connectivity index (χ4n) is 1.14. The van der Waals surface area contributed by atoms with E-state index in [1.165, 1.54) is 0 Å². The predicted molar refractivity (Wildman–Crippen MR) is 52.2 cm³/mol. The van der Waals surface area contributed by atoms with Crippen molar-refractivity contribution in [3.63, 3.8) is 0 Å². The highest BCUT2D eigenvalue weighted by Crippen LogP contribution is 2.27. The van der Waals surface area contributed by atoms with Gasteiger partial charge in [-0.25, -0.2) is 0 Å². The molecule has 1 aromatic carbocycles. The fourth-order valence-corrected chi connectivity index (χ4v) is 1.14. The molecule has 0 aliphatic rings. The van der Waals surface area contributed by atoms with Crippen LogP contribution in [0.1, 0.15) is 12.0 Å². The predicted octanol–water partition coefficient (Wildman–Crippen LogP) is 3.01. The van der Waals surface area contributed by atoms with Crippen LogP contribution < -0.4 is 0 Å². The van der Waals surface area contributed by atoms with Gasteiger partial charge in [0.1, 0.15) is 0 Å². The molecule has 0 fully saturated rings. The lowest BCUT2D eigenvalue weighted by Gasteiger charge is -2.15. The number of halogens is 3. The van der Waals surface area contributed by atoms with E-state index >= 15 is 0 Å². The molecule has 0 amide bonds. The van der Waals surface area contributed by atoms with Crippen molar-refractivity contribution < 1.29 is 18.3 Å². The zero-order chi connectivity index (χ0) is 11.5. The highest BCUT2D eigenvalue weighted by Gasteiger charge is 2.38. The lowest BCUT2D eigenvalue weighted by atomic mass is 10.0. The molecule has 0 bridgehead atoms. The van der Waals surface area contributed by atoms with Crippen LogP contribution in [0.2, 0.25) is 0 Å². The molecule has 4 heteroatoms. The maximum atomic E-state index is 12.0. The van der Waals surface area contributed by atoms with Crippen LogP contribution in [0.25, 0.3) is 5.57 Å². The van der Waals surface area contributed by atoms with Crippen molar-refractivity contribution in [3.8, 4) is 0 Å². The van der Waals surface area contributed by atoms with Crippen molar-refractivity contribution in [2.24, 2.45) is 0 Å². The van der Waals surface area contributed by atoms with Crippen LogP contribution in [0.3, 0.4) is 0 Å². The van der Waals surface area contributed by atoms with Crippen LogP contribution in [0.4, 0.5) is 13.2 Å². The van der Waals surface area contributed by atoms with Crippen LogP contribution in [0.15, 0.2) is 36.9 Å². The van der Waals surface area contributed by atoms with Crippen molar-refractivity contribution in [3.05, 3.63) is 42.5 Å². The van der Waals surface area contributed by atoms with E-state index in [1.54, 1.807) is 30.3 Å². The molecule has 1 aromatic rings. The Bertz CT molecular complexity index is 329. The summed E-state index contributed by atoms with van der Waals surface area (Å²) in [5.74, 6) is 0. The van der Waals surface area contributed by atoms with Crippen LogP contribution in [0.5, 0.6) is 0 Å². The third-order valence-electron chi connectivity index (χ3n) is 2.00. The van der Waals surface area contributed by atoms with Gasteiger partial charge in [0, 0.05) is 6.42 Å². The van der Waals surface area contributed by atoms with Crippen molar-refractivity contribution >= 4 is 5.57 Å². The van der Waals surface area contributed by atoms with Crippen molar-refractivity contribution in [1.29, 1.82) is 0 Å².